The minimum Gasteiger partial charge on any atom is -0.480 e. The van der Waals surface area contributed by atoms with Crippen LogP contribution in [0.4, 0.5) is 14.4 Å². The first kappa shape index (κ1) is 87.2. The van der Waals surface area contributed by atoms with E-state index in [9.17, 15) is 44.1 Å². The molecule has 0 aliphatic heterocycles. The highest BCUT2D eigenvalue weighted by atomic mass is 32.2. The van der Waals surface area contributed by atoms with E-state index in [0.717, 1.165) is 149 Å². The number of amides is 6. The van der Waals surface area contributed by atoms with Gasteiger partial charge in [-0.15, -0.1) is 35.3 Å². The minimum absolute atomic E-state index is 0.102. The van der Waals surface area contributed by atoms with E-state index in [-0.39, 0.29) is 18.1 Å². The number of urea groups is 3. The van der Waals surface area contributed by atoms with Gasteiger partial charge in [-0.2, -0.15) is 0 Å². The van der Waals surface area contributed by atoms with Crippen molar-refractivity contribution < 1.29 is 44.1 Å². The van der Waals surface area contributed by atoms with Crippen LogP contribution in [0.5, 0.6) is 0 Å². The molecule has 0 spiro atoms. The van der Waals surface area contributed by atoms with E-state index < -0.39 is 32.1 Å². The summed E-state index contributed by atoms with van der Waals surface area (Å²) in [6.45, 7) is 15.0. The molecule has 6 N–H and O–H groups in total. The zero-order valence-electron chi connectivity index (χ0n) is 65.7. The van der Waals surface area contributed by atoms with Crippen molar-refractivity contribution in [1.82, 2.24) is 30.7 Å². The van der Waals surface area contributed by atoms with Gasteiger partial charge in [0.05, 0.1) is 0 Å². The number of carbonyl (C=O) groups is 6. The predicted octanol–water partition coefficient (Wildman–Crippen LogP) is 21.8. The Morgan fingerprint density at radius 3 is 0.733 bits per heavy atom. The molecule has 6 aliphatic carbocycles. The quantitative estimate of drug-likeness (QED) is 0.0237. The van der Waals surface area contributed by atoms with Crippen LogP contribution < -0.4 is 16.0 Å². The van der Waals surface area contributed by atoms with Crippen molar-refractivity contribution in [1.29, 1.82) is 0 Å². The Labute approximate surface area is 646 Å². The maximum Gasteiger partial charge on any atom is 0.319 e. The van der Waals surface area contributed by atoms with Crippen LogP contribution in [0, 0.1) is 17.8 Å². The maximum atomic E-state index is 13.2. The van der Waals surface area contributed by atoms with E-state index in [0.29, 0.717) is 18.1 Å². The normalized spacial score (nSPS) is 17.8. The maximum absolute atomic E-state index is 13.2. The molecule has 3 aromatic carbocycles. The summed E-state index contributed by atoms with van der Waals surface area (Å²) in [6, 6.07) is 25.7. The van der Waals surface area contributed by atoms with Gasteiger partial charge in [-0.3, -0.25) is 14.4 Å². The summed E-state index contributed by atoms with van der Waals surface area (Å²) in [5, 5.41) is 38.1. The minimum atomic E-state index is -0.854. The molecule has 15 nitrogen and oxygen atoms in total. The molecule has 6 fully saturated rings. The first-order valence-electron chi connectivity index (χ1n) is 41.7. The highest BCUT2D eigenvalue weighted by molar-refractivity contribution is 8.01. The summed E-state index contributed by atoms with van der Waals surface area (Å²) in [5.41, 5.74) is 3.54. The second-order valence-electron chi connectivity index (χ2n) is 33.2. The van der Waals surface area contributed by atoms with Crippen molar-refractivity contribution in [2.24, 2.45) is 17.8 Å². The summed E-state index contributed by atoms with van der Waals surface area (Å²) >= 11 is 4.09. The van der Waals surface area contributed by atoms with Crippen molar-refractivity contribution in [2.45, 2.75) is 358 Å². The number of hydrogen-bond acceptors (Lipinski definition) is 9. The van der Waals surface area contributed by atoms with Gasteiger partial charge in [-0.1, -0.05) is 229 Å². The molecule has 0 radical (unpaired) electrons. The zero-order chi connectivity index (χ0) is 75.3. The number of carboxylic acid groups (broad SMARTS) is 3. The van der Waals surface area contributed by atoms with Crippen molar-refractivity contribution in [3.8, 4) is 0 Å². The van der Waals surface area contributed by atoms with Crippen molar-refractivity contribution >= 4 is 71.3 Å². The van der Waals surface area contributed by atoms with E-state index in [1.54, 1.807) is 41.5 Å². The van der Waals surface area contributed by atoms with Crippen molar-refractivity contribution in [2.75, 3.05) is 39.3 Å². The summed E-state index contributed by atoms with van der Waals surface area (Å²) < 4.78 is -2.56. The lowest BCUT2D eigenvalue weighted by molar-refractivity contribution is -0.139. The second kappa shape index (κ2) is 47.1. The van der Waals surface area contributed by atoms with Gasteiger partial charge in [0.1, 0.15) is 14.2 Å². The van der Waals surface area contributed by atoms with Crippen LogP contribution in [0.15, 0.2) is 87.5 Å². The third-order valence-corrected chi connectivity index (χ3v) is 26.7. The molecule has 0 bridgehead atoms. The number of rotatable bonds is 36. The molecule has 0 heterocycles. The molecule has 3 aromatic rings. The van der Waals surface area contributed by atoms with Gasteiger partial charge in [0.25, 0.3) is 0 Å². The Morgan fingerprint density at radius 1 is 0.314 bits per heavy atom. The monoisotopic (exact) mass is 1510 g/mol. The number of benzene rings is 3. The molecule has 0 saturated heterocycles. The Hall–Kier alpha value is -5.07. The molecule has 0 atom stereocenters. The average Bonchev–Trinajstić information content (AvgIpc) is 0.865. The number of hydrogen-bond donors (Lipinski definition) is 6. The highest BCUT2D eigenvalue weighted by Crippen LogP contribution is 2.37. The predicted molar refractivity (Wildman–Crippen MR) is 435 cm³/mol. The fourth-order valence-corrected chi connectivity index (χ4v) is 18.9. The molecule has 6 aliphatic rings. The number of unbranched alkanes of at least 4 members (excludes halogenated alkanes) is 3. The van der Waals surface area contributed by atoms with Gasteiger partial charge < -0.3 is 46.0 Å². The SMILES string of the molecule is CC(C)(Sc1ccc(CCN(CCCCC2CCCCC2)C(=O)NC2CCCCC2)cc1)C(=O)O.CC(C)(Sc1ccc(CCN(CCCCC2CCCCC2)C(=O)NC2CCCCC2)cc1)C(=O)O.CC(C)(Sc1ccc(CCN(CCCCC2CCCCC2)C(=O)NC2CCCCC2)cc1)C(=O)O. The fourth-order valence-electron chi connectivity index (χ4n) is 16.1. The Balaban J connectivity index is 0.000000220. The Morgan fingerprint density at radius 2 is 0.524 bits per heavy atom. The molecule has 588 valence electrons. The van der Waals surface area contributed by atoms with Crippen LogP contribution in [0.2, 0.25) is 0 Å². The molecule has 6 amide bonds. The largest absolute Gasteiger partial charge is 0.480 e. The number of thioether (sulfide) groups is 3. The summed E-state index contributed by atoms with van der Waals surface area (Å²) in [7, 11) is 0. The molecule has 0 aromatic heterocycles. The molecular formula is C87H138N6O9S3. The lowest BCUT2D eigenvalue weighted by atomic mass is 9.86. The first-order valence-corrected chi connectivity index (χ1v) is 44.2. The van der Waals surface area contributed by atoms with E-state index in [4.69, 9.17) is 0 Å². The lowest BCUT2D eigenvalue weighted by Gasteiger charge is -2.29. The van der Waals surface area contributed by atoms with E-state index in [2.05, 4.69) is 52.3 Å². The van der Waals surface area contributed by atoms with Crippen LogP contribution in [-0.2, 0) is 33.6 Å². The topological polar surface area (TPSA) is 209 Å². The molecule has 18 heteroatoms. The van der Waals surface area contributed by atoms with Gasteiger partial charge in [0.2, 0.25) is 0 Å². The fraction of sp³-hybridized carbons (Fsp3) is 0.724. The molecule has 105 heavy (non-hydrogen) atoms. The summed E-state index contributed by atoms with van der Waals surface area (Å²) in [6.07, 6.45) is 52.0. The molecule has 0 unspecified atom stereocenters. The van der Waals surface area contributed by atoms with E-state index in [1.165, 1.54) is 245 Å². The third kappa shape index (κ3) is 33.8. The standard InChI is InChI=1S/3C29H46N2O3S/c3*1-29(2,27(32)33)35-26-18-16-24(17-19-26)20-22-31(28(34)30-25-14-7-4-8-15-25)21-10-9-13-23-11-5-3-6-12-23/h3*16-19,23,25H,3-15,20-22H2,1-2H3,(H,30,34)(H,32,33). The number of nitrogens with zero attached hydrogens (tertiary/aromatic N) is 3. The lowest BCUT2D eigenvalue weighted by Crippen LogP contribution is -2.46. The van der Waals surface area contributed by atoms with Gasteiger partial charge in [0.15, 0.2) is 0 Å². The smallest absolute Gasteiger partial charge is 0.319 e. The summed E-state index contributed by atoms with van der Waals surface area (Å²) in [4.78, 5) is 82.7. The summed E-state index contributed by atoms with van der Waals surface area (Å²) in [5.74, 6) is 0.265. The number of carboxylic acids is 3. The number of nitrogens with one attached hydrogen (secondary N) is 3. The average molecular weight is 1510 g/mol. The number of carbonyl (C=O) groups excluding carboxylic acids is 3. The Kier molecular flexibility index (Phi) is 39.1. The van der Waals surface area contributed by atoms with Crippen molar-refractivity contribution in [3.63, 3.8) is 0 Å². The van der Waals surface area contributed by atoms with Crippen LogP contribution >= 0.6 is 35.3 Å². The van der Waals surface area contributed by atoms with Gasteiger partial charge in [0, 0.05) is 72.1 Å². The van der Waals surface area contributed by atoms with Crippen molar-refractivity contribution in [3.05, 3.63) is 89.5 Å². The van der Waals surface area contributed by atoms with E-state index in [1.807, 2.05) is 51.1 Å². The highest BCUT2D eigenvalue weighted by Gasteiger charge is 2.32. The van der Waals surface area contributed by atoms with Gasteiger partial charge in [-0.05, 0) is 189 Å². The molecule has 6 saturated carbocycles. The van der Waals surface area contributed by atoms with Crippen LogP contribution in [0.25, 0.3) is 0 Å². The third-order valence-electron chi connectivity index (χ3n) is 23.2. The molecular weight excluding hydrogens is 1370 g/mol. The molecule has 9 rings (SSSR count). The van der Waals surface area contributed by atoms with E-state index >= 15 is 0 Å². The van der Waals surface area contributed by atoms with Crippen LogP contribution in [-0.4, -0.2) is 138 Å². The first-order chi connectivity index (χ1) is 50.5. The second-order valence-corrected chi connectivity index (χ2v) is 38.3. The Bertz CT molecular complexity index is 2670. The van der Waals surface area contributed by atoms with Crippen LogP contribution in [0.3, 0.4) is 0 Å². The number of aliphatic carboxylic acids is 3. The van der Waals surface area contributed by atoms with Crippen LogP contribution in [0.1, 0.15) is 309 Å². The zero-order valence-corrected chi connectivity index (χ0v) is 68.1. The van der Waals surface area contributed by atoms with Gasteiger partial charge in [-0.25, -0.2) is 14.4 Å². The van der Waals surface area contributed by atoms with Gasteiger partial charge >= 0.3 is 36.0 Å².